The van der Waals surface area contributed by atoms with Gasteiger partial charge in [-0.3, -0.25) is 14.2 Å². The number of carbonyl (C=O) groups is 3. The molecule has 1 N–H and O–H groups in total. The summed E-state index contributed by atoms with van der Waals surface area (Å²) < 4.78 is 10.8. The Morgan fingerprint density at radius 1 is 1.17 bits per heavy atom. The molecule has 1 aromatic carbocycles. The van der Waals surface area contributed by atoms with Crippen LogP contribution in [-0.4, -0.2) is 41.1 Å². The lowest BCUT2D eigenvalue weighted by Gasteiger charge is -2.08. The number of nitrogens with one attached hydrogen (secondary N) is 1. The molecule has 0 aliphatic carbocycles. The molecule has 0 radical (unpaired) electrons. The Bertz CT molecular complexity index is 1180. The van der Waals surface area contributed by atoms with E-state index in [4.69, 9.17) is 9.47 Å². The van der Waals surface area contributed by atoms with Crippen LogP contribution in [0.1, 0.15) is 32.5 Å². The van der Waals surface area contributed by atoms with Crippen LogP contribution in [0.4, 0.5) is 5.69 Å². The van der Waals surface area contributed by atoms with Gasteiger partial charge in [0.15, 0.2) is 0 Å². The molecule has 2 aromatic heterocycles. The van der Waals surface area contributed by atoms with Crippen molar-refractivity contribution in [1.82, 2.24) is 9.55 Å². The number of hydrogen-bond donors (Lipinski definition) is 1. The zero-order chi connectivity index (χ0) is 21.8. The maximum Gasteiger partial charge on any atom is 0.348 e. The summed E-state index contributed by atoms with van der Waals surface area (Å²) in [5, 5.41) is 2.95. The number of fused-ring (bicyclic) bond motifs is 1. The van der Waals surface area contributed by atoms with Gasteiger partial charge in [-0.05, 0) is 43.7 Å². The van der Waals surface area contributed by atoms with Crippen LogP contribution >= 0.6 is 11.3 Å². The SMILES string of the molecule is CCOC(=O)c1ccc(NC(=O)Cn2cnc3sc(C(=O)OC)c(C)c3c2=O)cc1. The van der Waals surface area contributed by atoms with Crippen LogP contribution in [0.2, 0.25) is 0 Å². The Morgan fingerprint density at radius 3 is 2.50 bits per heavy atom. The van der Waals surface area contributed by atoms with Gasteiger partial charge >= 0.3 is 11.9 Å². The number of anilines is 1. The number of esters is 2. The molecule has 0 atom stereocenters. The van der Waals surface area contributed by atoms with Crippen LogP contribution in [0.15, 0.2) is 35.4 Å². The zero-order valence-electron chi connectivity index (χ0n) is 16.6. The number of aryl methyl sites for hydroxylation is 1. The number of amides is 1. The molecule has 156 valence electrons. The molecule has 30 heavy (non-hydrogen) atoms. The van der Waals surface area contributed by atoms with Crippen LogP contribution in [0, 0.1) is 6.92 Å². The quantitative estimate of drug-likeness (QED) is 0.598. The van der Waals surface area contributed by atoms with Gasteiger partial charge in [-0.1, -0.05) is 0 Å². The highest BCUT2D eigenvalue weighted by Crippen LogP contribution is 2.27. The fourth-order valence-electron chi connectivity index (χ4n) is 2.82. The Labute approximate surface area is 175 Å². The smallest absolute Gasteiger partial charge is 0.348 e. The van der Waals surface area contributed by atoms with E-state index in [1.54, 1.807) is 26.0 Å². The van der Waals surface area contributed by atoms with E-state index in [1.807, 2.05) is 0 Å². The van der Waals surface area contributed by atoms with Crippen molar-refractivity contribution in [3.05, 3.63) is 57.0 Å². The van der Waals surface area contributed by atoms with Gasteiger partial charge < -0.3 is 14.8 Å². The van der Waals surface area contributed by atoms with Gasteiger partial charge in [0.25, 0.3) is 5.56 Å². The minimum Gasteiger partial charge on any atom is -0.465 e. The van der Waals surface area contributed by atoms with Gasteiger partial charge in [-0.25, -0.2) is 14.6 Å². The molecule has 0 aliphatic heterocycles. The standard InChI is InChI=1S/C20H19N3O6S/c1-4-29-19(26)12-5-7-13(8-6-12)22-14(24)9-23-10-21-17-15(18(23)25)11(2)16(30-17)20(27)28-3/h5-8,10H,4,9H2,1-3H3,(H,22,24). The lowest BCUT2D eigenvalue weighted by molar-refractivity contribution is -0.116. The number of benzene rings is 1. The van der Waals surface area contributed by atoms with Gasteiger partial charge in [0.05, 0.1) is 31.0 Å². The van der Waals surface area contributed by atoms with Crippen molar-refractivity contribution in [1.29, 1.82) is 0 Å². The van der Waals surface area contributed by atoms with Crippen LogP contribution in [0.25, 0.3) is 10.2 Å². The highest BCUT2D eigenvalue weighted by Gasteiger charge is 2.20. The van der Waals surface area contributed by atoms with E-state index >= 15 is 0 Å². The number of methoxy groups -OCH3 is 1. The van der Waals surface area contributed by atoms with Crippen molar-refractivity contribution in [2.24, 2.45) is 0 Å². The lowest BCUT2D eigenvalue weighted by Crippen LogP contribution is -2.27. The molecule has 1 amide bonds. The third-order valence-corrected chi connectivity index (χ3v) is 5.46. The normalized spacial score (nSPS) is 10.6. The zero-order valence-corrected chi connectivity index (χ0v) is 17.4. The fraction of sp³-hybridized carbons (Fsp3) is 0.250. The van der Waals surface area contributed by atoms with Crippen LogP contribution in [0.3, 0.4) is 0 Å². The summed E-state index contributed by atoms with van der Waals surface area (Å²) in [7, 11) is 1.27. The van der Waals surface area contributed by atoms with E-state index in [0.717, 1.165) is 11.3 Å². The Hall–Kier alpha value is -3.53. The number of carbonyl (C=O) groups excluding carboxylic acids is 3. The van der Waals surface area contributed by atoms with Gasteiger partial charge in [0.1, 0.15) is 16.3 Å². The van der Waals surface area contributed by atoms with Crippen molar-refractivity contribution < 1.29 is 23.9 Å². The van der Waals surface area contributed by atoms with Crippen molar-refractivity contribution >= 4 is 45.1 Å². The summed E-state index contributed by atoms with van der Waals surface area (Å²) in [6.45, 7) is 3.37. The van der Waals surface area contributed by atoms with Gasteiger partial charge in [0, 0.05) is 5.69 Å². The molecule has 0 fully saturated rings. The first kappa shape index (κ1) is 21.2. The molecule has 0 unspecified atom stereocenters. The predicted molar refractivity (Wildman–Crippen MR) is 111 cm³/mol. The molecule has 0 aliphatic rings. The highest BCUT2D eigenvalue weighted by molar-refractivity contribution is 7.20. The monoisotopic (exact) mass is 429 g/mol. The van der Waals surface area contributed by atoms with E-state index in [0.29, 0.717) is 26.5 Å². The van der Waals surface area contributed by atoms with Crippen molar-refractivity contribution in [3.8, 4) is 0 Å². The third kappa shape index (κ3) is 4.23. The summed E-state index contributed by atoms with van der Waals surface area (Å²) in [6.07, 6.45) is 1.27. The number of aromatic nitrogens is 2. The lowest BCUT2D eigenvalue weighted by atomic mass is 10.2. The largest absolute Gasteiger partial charge is 0.465 e. The third-order valence-electron chi connectivity index (χ3n) is 4.28. The summed E-state index contributed by atoms with van der Waals surface area (Å²) in [5.41, 5.74) is 0.894. The maximum atomic E-state index is 12.8. The maximum absolute atomic E-state index is 12.8. The number of nitrogens with zero attached hydrogens (tertiary/aromatic N) is 2. The number of hydrogen-bond acceptors (Lipinski definition) is 8. The first-order chi connectivity index (χ1) is 14.3. The van der Waals surface area contributed by atoms with Crippen molar-refractivity contribution in [3.63, 3.8) is 0 Å². The van der Waals surface area contributed by atoms with Crippen LogP contribution in [0.5, 0.6) is 0 Å². The van der Waals surface area contributed by atoms with E-state index in [1.165, 1.54) is 30.1 Å². The van der Waals surface area contributed by atoms with Crippen LogP contribution < -0.4 is 10.9 Å². The second kappa shape index (κ2) is 8.87. The van der Waals surface area contributed by atoms with Crippen molar-refractivity contribution in [2.45, 2.75) is 20.4 Å². The Kier molecular flexibility index (Phi) is 6.26. The Balaban J connectivity index is 1.77. The molecular weight excluding hydrogens is 410 g/mol. The highest BCUT2D eigenvalue weighted by atomic mass is 32.1. The molecule has 2 heterocycles. The average Bonchev–Trinajstić information content (AvgIpc) is 3.07. The predicted octanol–water partition coefficient (Wildman–Crippen LogP) is 2.37. The van der Waals surface area contributed by atoms with E-state index in [9.17, 15) is 19.2 Å². The molecular formula is C20H19N3O6S. The van der Waals surface area contributed by atoms with E-state index in [-0.39, 0.29) is 18.5 Å². The first-order valence-corrected chi connectivity index (χ1v) is 9.81. The molecule has 0 saturated carbocycles. The average molecular weight is 429 g/mol. The topological polar surface area (TPSA) is 117 Å². The molecule has 0 bridgehead atoms. The Morgan fingerprint density at radius 2 is 1.87 bits per heavy atom. The number of ether oxygens (including phenoxy) is 2. The summed E-state index contributed by atoms with van der Waals surface area (Å²) in [5.74, 6) is -1.42. The molecule has 3 aromatic rings. The summed E-state index contributed by atoms with van der Waals surface area (Å²) >= 11 is 1.07. The van der Waals surface area contributed by atoms with Gasteiger partial charge in [-0.2, -0.15) is 0 Å². The second-order valence-corrected chi connectivity index (χ2v) is 7.25. The summed E-state index contributed by atoms with van der Waals surface area (Å²) in [6, 6.07) is 6.22. The van der Waals surface area contributed by atoms with E-state index < -0.39 is 23.4 Å². The number of thiophene rings is 1. The molecule has 3 rings (SSSR count). The minimum absolute atomic E-state index is 0.260. The molecule has 9 nitrogen and oxygen atoms in total. The minimum atomic E-state index is -0.537. The number of rotatable bonds is 6. The molecule has 0 spiro atoms. The van der Waals surface area contributed by atoms with Gasteiger partial charge in [0.2, 0.25) is 5.91 Å². The molecule has 0 saturated heterocycles. The van der Waals surface area contributed by atoms with Gasteiger partial charge in [-0.15, -0.1) is 11.3 Å². The fourth-order valence-corrected chi connectivity index (χ4v) is 3.88. The molecule has 10 heteroatoms. The van der Waals surface area contributed by atoms with E-state index in [2.05, 4.69) is 10.3 Å². The second-order valence-electron chi connectivity index (χ2n) is 6.25. The summed E-state index contributed by atoms with van der Waals surface area (Å²) in [4.78, 5) is 53.6. The van der Waals surface area contributed by atoms with Crippen molar-refractivity contribution in [2.75, 3.05) is 19.0 Å². The first-order valence-electron chi connectivity index (χ1n) is 8.99. The van der Waals surface area contributed by atoms with Crippen LogP contribution in [-0.2, 0) is 20.8 Å².